The summed E-state index contributed by atoms with van der Waals surface area (Å²) in [6, 6.07) is 0. The zero-order valence-electron chi connectivity index (χ0n) is 19.1. The summed E-state index contributed by atoms with van der Waals surface area (Å²) in [6.45, 7) is -2.50. The molecular weight excluding hydrogens is 585 g/mol. The molecule has 0 aromatic carbocycles. The zero-order valence-corrected chi connectivity index (χ0v) is 24.8. The van der Waals surface area contributed by atoms with Crippen molar-refractivity contribution >= 4 is 36.6 Å². The molecule has 0 saturated carbocycles. The van der Waals surface area contributed by atoms with Crippen molar-refractivity contribution in [3.63, 3.8) is 0 Å². The number of hydrogen-bond donors (Lipinski definition) is 3. The number of thioether (sulfide) groups is 1. The average molecular weight is 601 g/mol. The van der Waals surface area contributed by atoms with Crippen LogP contribution in [0.1, 0.15) is 12.6 Å². The third-order valence-corrected chi connectivity index (χ3v) is 5.80. The summed E-state index contributed by atoms with van der Waals surface area (Å²) in [7, 11) is -5.44. The Bertz CT molecular complexity index is 1090. The van der Waals surface area contributed by atoms with E-state index in [9.17, 15) is 50.9 Å². The number of nitrogens with one attached hydrogen (secondary N) is 1. The number of aliphatic hydroxyl groups is 2. The number of aliphatic hydroxyl groups excluding tert-OH is 2. The van der Waals surface area contributed by atoms with Crippen LogP contribution >= 0.6 is 19.6 Å². The predicted octanol–water partition coefficient (Wildman–Crippen LogP) is -5.68. The van der Waals surface area contributed by atoms with E-state index in [1.807, 2.05) is 5.32 Å². The Morgan fingerprint density at radius 2 is 1.78 bits per heavy atom. The van der Waals surface area contributed by atoms with Gasteiger partial charge in [0.2, 0.25) is 0 Å². The molecular formula is C15H16F6N5Na2O7PS. The second kappa shape index (κ2) is 13.8. The Morgan fingerprint density at radius 3 is 2.35 bits per heavy atom. The van der Waals surface area contributed by atoms with Crippen LogP contribution in [0.4, 0.5) is 32.2 Å². The molecule has 0 unspecified atom stereocenters. The molecule has 1 saturated heterocycles. The van der Waals surface area contributed by atoms with Gasteiger partial charge in [-0.15, -0.1) is 0 Å². The maximum absolute atomic E-state index is 12.7. The monoisotopic (exact) mass is 601 g/mol. The van der Waals surface area contributed by atoms with Crippen LogP contribution in [0.5, 0.6) is 0 Å². The van der Waals surface area contributed by atoms with Crippen molar-refractivity contribution in [1.29, 1.82) is 0 Å². The fourth-order valence-corrected chi connectivity index (χ4v) is 4.13. The van der Waals surface area contributed by atoms with E-state index in [1.54, 1.807) is 0 Å². The smallest absolute Gasteiger partial charge is 0.790 e. The van der Waals surface area contributed by atoms with Crippen LogP contribution in [0.15, 0.2) is 11.5 Å². The molecule has 3 heterocycles. The third-order valence-electron chi connectivity index (χ3n) is 4.48. The third kappa shape index (κ3) is 10.3. The summed E-state index contributed by atoms with van der Waals surface area (Å²) in [6.07, 6.45) is -16.0. The number of ether oxygens (including phenoxy) is 1. The van der Waals surface area contributed by atoms with Gasteiger partial charge < -0.3 is 39.1 Å². The Morgan fingerprint density at radius 1 is 1.14 bits per heavy atom. The van der Waals surface area contributed by atoms with Crippen molar-refractivity contribution < 1.29 is 119 Å². The van der Waals surface area contributed by atoms with Gasteiger partial charge in [0.25, 0.3) is 0 Å². The van der Waals surface area contributed by atoms with Gasteiger partial charge in [-0.3, -0.25) is 4.57 Å². The van der Waals surface area contributed by atoms with Gasteiger partial charge in [0, 0.05) is 5.75 Å². The summed E-state index contributed by atoms with van der Waals surface area (Å²) >= 11 is 0.499. The molecule has 0 aliphatic carbocycles. The molecule has 0 amide bonds. The van der Waals surface area contributed by atoms with E-state index in [4.69, 9.17) is 4.74 Å². The number of rotatable bonds is 9. The second-order valence-corrected chi connectivity index (χ2v) is 9.37. The van der Waals surface area contributed by atoms with Crippen LogP contribution in [-0.2, 0) is 13.8 Å². The predicted molar refractivity (Wildman–Crippen MR) is 101 cm³/mol. The number of halogens is 6. The summed E-state index contributed by atoms with van der Waals surface area (Å²) < 4.78 is 96.5. The van der Waals surface area contributed by atoms with Crippen molar-refractivity contribution in [2.45, 2.75) is 48.5 Å². The molecule has 3 N–H and O–H groups in total. The topological polar surface area (TPSA) is 178 Å². The van der Waals surface area contributed by atoms with E-state index in [-0.39, 0.29) is 75.4 Å². The Balaban J connectivity index is 0.00000342. The van der Waals surface area contributed by atoms with Gasteiger partial charge in [-0.05, 0) is 0 Å². The molecule has 0 radical (unpaired) electrons. The number of anilines is 1. The number of imidazole rings is 1. The van der Waals surface area contributed by atoms with Gasteiger partial charge in [-0.1, -0.05) is 11.8 Å². The number of fused-ring (bicyclic) bond motifs is 1. The first-order valence-electron chi connectivity index (χ1n) is 9.47. The average Bonchev–Trinajstić information content (AvgIpc) is 3.24. The fourth-order valence-electron chi connectivity index (χ4n) is 2.97. The molecule has 0 bridgehead atoms. The number of phosphoric ester groups is 1. The minimum atomic E-state index is -5.44. The van der Waals surface area contributed by atoms with Gasteiger partial charge in [0.1, 0.15) is 24.9 Å². The minimum Gasteiger partial charge on any atom is -0.790 e. The zero-order chi connectivity index (χ0) is 26.2. The van der Waals surface area contributed by atoms with Crippen LogP contribution in [-0.4, -0.2) is 79.3 Å². The van der Waals surface area contributed by atoms with Crippen molar-refractivity contribution in [2.24, 2.45) is 0 Å². The molecule has 37 heavy (non-hydrogen) atoms. The van der Waals surface area contributed by atoms with Crippen LogP contribution in [0, 0.1) is 0 Å². The van der Waals surface area contributed by atoms with E-state index < -0.39 is 75.9 Å². The minimum absolute atomic E-state index is 0. The van der Waals surface area contributed by atoms with Crippen molar-refractivity contribution in [3.8, 4) is 0 Å². The molecule has 198 valence electrons. The van der Waals surface area contributed by atoms with E-state index in [0.717, 1.165) is 10.9 Å². The maximum Gasteiger partial charge on any atom is 1.00 e. The summed E-state index contributed by atoms with van der Waals surface area (Å²) in [4.78, 5) is 33.0. The van der Waals surface area contributed by atoms with Crippen LogP contribution < -0.4 is 74.2 Å². The second-order valence-electron chi connectivity index (χ2n) is 7.15. The fraction of sp³-hybridized carbons (Fsp3) is 0.667. The molecule has 22 heteroatoms. The SMILES string of the molecule is O=P([O-])([O-])OC[C@H]1O[C@@H](n2cnc3c(NCC(F)(F)F)nc(SCCC(F)(F)F)nc32)[C@H](O)[C@@H]1O.[Na+].[Na+]. The van der Waals surface area contributed by atoms with Gasteiger partial charge in [-0.2, -0.15) is 26.3 Å². The molecule has 2 aromatic rings. The molecule has 1 aliphatic rings. The molecule has 2 aromatic heterocycles. The first-order valence-corrected chi connectivity index (χ1v) is 11.9. The standard InChI is InChI=1S/C15H18F6N5O7PS.2Na/c16-14(17,18)1-2-35-13-24-10(22-4-15(19,20)21)7-11(25-13)26(5-23-7)12-9(28)8(27)6(33-12)3-32-34(29,30)31;;/h5-6,8-9,12,27-28H,1-4H2,(H,22,24,25)(H2,29,30,31);;/q;2*+1/p-2/t6-,8-,9-,12-;;/m1../s1. The van der Waals surface area contributed by atoms with E-state index >= 15 is 0 Å². The Kier molecular flexibility index (Phi) is 13.1. The van der Waals surface area contributed by atoms with Crippen LogP contribution in [0.25, 0.3) is 11.2 Å². The Hall–Kier alpha value is 0.270. The summed E-state index contributed by atoms with van der Waals surface area (Å²) in [5.74, 6) is -1.01. The maximum atomic E-state index is 12.7. The molecule has 12 nitrogen and oxygen atoms in total. The van der Waals surface area contributed by atoms with E-state index in [0.29, 0.717) is 11.8 Å². The molecule has 4 atom stereocenters. The van der Waals surface area contributed by atoms with Gasteiger partial charge in [-0.25, -0.2) is 15.0 Å². The van der Waals surface area contributed by atoms with Crippen molar-refractivity contribution in [1.82, 2.24) is 19.5 Å². The van der Waals surface area contributed by atoms with Gasteiger partial charge >= 0.3 is 71.5 Å². The molecule has 1 aliphatic heterocycles. The first kappa shape index (κ1) is 35.3. The van der Waals surface area contributed by atoms with E-state index in [1.165, 1.54) is 0 Å². The van der Waals surface area contributed by atoms with E-state index in [2.05, 4.69) is 19.5 Å². The Labute approximate surface area is 252 Å². The number of phosphoric acid groups is 1. The molecule has 0 spiro atoms. The van der Waals surface area contributed by atoms with Gasteiger partial charge in [0.05, 0.1) is 27.2 Å². The van der Waals surface area contributed by atoms with Crippen LogP contribution in [0.2, 0.25) is 0 Å². The number of aromatic nitrogens is 4. The number of hydrogen-bond acceptors (Lipinski definition) is 12. The van der Waals surface area contributed by atoms with Crippen LogP contribution in [0.3, 0.4) is 0 Å². The quantitative estimate of drug-likeness (QED) is 0.0818. The summed E-state index contributed by atoms with van der Waals surface area (Å²) in [5.41, 5.74) is -0.529. The van der Waals surface area contributed by atoms with Gasteiger partial charge in [0.15, 0.2) is 28.4 Å². The number of alkyl halides is 6. The summed E-state index contributed by atoms with van der Waals surface area (Å²) in [5, 5.41) is 22.1. The van der Waals surface area contributed by atoms with Crippen molar-refractivity contribution in [3.05, 3.63) is 6.33 Å². The first-order chi connectivity index (χ1) is 16.0. The molecule has 3 rings (SSSR count). The van der Waals surface area contributed by atoms with Crippen molar-refractivity contribution in [2.75, 3.05) is 24.2 Å². The largest absolute Gasteiger partial charge is 1.00 e. The normalized spacial score (nSPS) is 22.5. The number of nitrogens with zero attached hydrogens (tertiary/aromatic N) is 4. The molecule has 1 fully saturated rings.